The molecule has 0 fully saturated rings. The molecule has 0 saturated carbocycles. The van der Waals surface area contributed by atoms with Gasteiger partial charge < -0.3 is 15.6 Å². The zero-order chi connectivity index (χ0) is 19.9. The first-order valence-electron chi connectivity index (χ1n) is 8.43. The predicted molar refractivity (Wildman–Crippen MR) is 94.7 cm³/mol. The van der Waals surface area contributed by atoms with Crippen LogP contribution in [0.5, 0.6) is 5.75 Å². The third-order valence-electron chi connectivity index (χ3n) is 3.74. The molecule has 146 valence electrons. The number of hydrogen-bond donors (Lipinski definition) is 2. The summed E-state index contributed by atoms with van der Waals surface area (Å²) < 4.78 is 20.0. The Balaban J connectivity index is 1.60. The summed E-state index contributed by atoms with van der Waals surface area (Å²) in [5.74, 6) is -1.13. The summed E-state index contributed by atoms with van der Waals surface area (Å²) in [4.78, 5) is 19.6. The van der Waals surface area contributed by atoms with Crippen LogP contribution >= 0.6 is 0 Å². The van der Waals surface area contributed by atoms with Gasteiger partial charge >= 0.3 is 5.97 Å². The molecular weight excluding hydrogens is 369 g/mol. The van der Waals surface area contributed by atoms with Crippen LogP contribution in [0.2, 0.25) is 0 Å². The average molecular weight is 387 g/mol. The van der Waals surface area contributed by atoms with Gasteiger partial charge in [-0.2, -0.15) is 4.80 Å². The molecule has 11 heteroatoms. The number of carbonyl (C=O) groups is 1. The molecule has 0 aliphatic carbocycles. The van der Waals surface area contributed by atoms with Gasteiger partial charge in [-0.05, 0) is 22.9 Å². The molecule has 28 heavy (non-hydrogen) atoms. The molecule has 0 radical (unpaired) electrons. The second-order valence-corrected chi connectivity index (χ2v) is 6.01. The second-order valence-electron chi connectivity index (χ2n) is 6.01. The molecule has 3 rings (SSSR count). The van der Waals surface area contributed by atoms with Crippen molar-refractivity contribution in [2.75, 3.05) is 6.61 Å². The van der Waals surface area contributed by atoms with E-state index in [0.29, 0.717) is 18.8 Å². The number of carboxylic acids is 1. The van der Waals surface area contributed by atoms with Crippen molar-refractivity contribution >= 4 is 5.97 Å². The molecule has 2 aromatic heterocycles. The van der Waals surface area contributed by atoms with Gasteiger partial charge in [0.25, 0.3) is 0 Å². The molecule has 1 aromatic carbocycles. The van der Waals surface area contributed by atoms with E-state index >= 15 is 0 Å². The highest BCUT2D eigenvalue weighted by molar-refractivity contribution is 5.67. The van der Waals surface area contributed by atoms with Crippen LogP contribution in [0, 0.1) is 5.82 Å². The molecule has 0 amide bonds. The molecule has 3 aromatic rings. The number of carboxylic acid groups (broad SMARTS) is 1. The standard InChI is InChI=1S/C17H18FN7O3/c18-15-6-13(28-4-3-11-7-20-10-21-8-11)1-2-14(15)17-22-24-25(23-17)9-12(19)5-16(26)27/h1-2,6-8,10,12H,3-5,9,19H2,(H,26,27)/t12-/m0/s1. The maximum Gasteiger partial charge on any atom is 0.304 e. The Bertz CT molecular complexity index is 936. The van der Waals surface area contributed by atoms with E-state index in [9.17, 15) is 9.18 Å². The number of tetrazole rings is 1. The molecule has 1 atom stereocenters. The average Bonchev–Trinajstić information content (AvgIpc) is 3.10. The Labute approximate surface area is 159 Å². The van der Waals surface area contributed by atoms with Crippen LogP contribution in [0.4, 0.5) is 4.39 Å². The summed E-state index contributed by atoms with van der Waals surface area (Å²) in [7, 11) is 0. The van der Waals surface area contributed by atoms with Gasteiger partial charge in [-0.3, -0.25) is 4.79 Å². The Morgan fingerprint density at radius 3 is 2.82 bits per heavy atom. The monoisotopic (exact) mass is 387 g/mol. The highest BCUT2D eigenvalue weighted by atomic mass is 19.1. The zero-order valence-corrected chi connectivity index (χ0v) is 14.8. The molecule has 0 aliphatic heterocycles. The van der Waals surface area contributed by atoms with Crippen molar-refractivity contribution in [3.63, 3.8) is 0 Å². The lowest BCUT2D eigenvalue weighted by molar-refractivity contribution is -0.137. The molecule has 3 N–H and O–H groups in total. The van der Waals surface area contributed by atoms with E-state index in [0.717, 1.165) is 10.4 Å². The molecule has 0 aliphatic rings. The van der Waals surface area contributed by atoms with Crippen LogP contribution in [-0.4, -0.2) is 53.9 Å². The molecule has 0 unspecified atom stereocenters. The van der Waals surface area contributed by atoms with Gasteiger partial charge in [-0.25, -0.2) is 14.4 Å². The summed E-state index contributed by atoms with van der Waals surface area (Å²) in [6, 6.07) is 3.68. The van der Waals surface area contributed by atoms with E-state index in [-0.39, 0.29) is 24.4 Å². The van der Waals surface area contributed by atoms with Crippen LogP contribution in [0.25, 0.3) is 11.4 Å². The third kappa shape index (κ3) is 5.27. The highest BCUT2D eigenvalue weighted by Gasteiger charge is 2.15. The van der Waals surface area contributed by atoms with Gasteiger partial charge in [0.15, 0.2) is 0 Å². The first-order chi connectivity index (χ1) is 13.5. The molecule has 0 saturated heterocycles. The third-order valence-corrected chi connectivity index (χ3v) is 3.74. The minimum Gasteiger partial charge on any atom is -0.493 e. The maximum absolute atomic E-state index is 14.4. The minimum atomic E-state index is -1.02. The van der Waals surface area contributed by atoms with Crippen LogP contribution in [0.1, 0.15) is 12.0 Å². The minimum absolute atomic E-state index is 0.0608. The summed E-state index contributed by atoms with van der Waals surface area (Å²) in [5, 5.41) is 20.3. The van der Waals surface area contributed by atoms with Crippen molar-refractivity contribution in [2.24, 2.45) is 5.73 Å². The smallest absolute Gasteiger partial charge is 0.304 e. The Kier molecular flexibility index (Phi) is 6.17. The van der Waals surface area contributed by atoms with Gasteiger partial charge in [0, 0.05) is 30.9 Å². The predicted octanol–water partition coefficient (Wildman–Crippen LogP) is 0.693. The van der Waals surface area contributed by atoms with E-state index in [1.54, 1.807) is 18.5 Å². The summed E-state index contributed by atoms with van der Waals surface area (Å²) in [5.41, 5.74) is 6.76. The van der Waals surface area contributed by atoms with Crippen molar-refractivity contribution in [1.82, 2.24) is 30.2 Å². The second kappa shape index (κ2) is 8.95. The van der Waals surface area contributed by atoms with Gasteiger partial charge in [0.05, 0.1) is 25.1 Å². The van der Waals surface area contributed by atoms with E-state index in [1.165, 1.54) is 18.5 Å². The van der Waals surface area contributed by atoms with E-state index in [1.807, 2.05) is 0 Å². The van der Waals surface area contributed by atoms with Gasteiger partial charge in [0.1, 0.15) is 17.9 Å². The first kappa shape index (κ1) is 19.3. The number of halogens is 1. The Hall–Kier alpha value is -3.47. The van der Waals surface area contributed by atoms with Crippen molar-refractivity contribution in [3.05, 3.63) is 48.3 Å². The SMILES string of the molecule is N[C@@H](CC(=O)O)Cn1nnc(-c2ccc(OCCc3cncnc3)cc2F)n1. The van der Waals surface area contributed by atoms with Crippen molar-refractivity contribution in [1.29, 1.82) is 0 Å². The van der Waals surface area contributed by atoms with Gasteiger partial charge in [-0.15, -0.1) is 10.2 Å². The van der Waals surface area contributed by atoms with Crippen LogP contribution in [0.15, 0.2) is 36.9 Å². The quantitative estimate of drug-likeness (QED) is 0.542. The van der Waals surface area contributed by atoms with Gasteiger partial charge in [-0.1, -0.05) is 0 Å². The summed E-state index contributed by atoms with van der Waals surface area (Å²) in [6.45, 7) is 0.410. The molecule has 0 spiro atoms. The number of aromatic nitrogens is 6. The van der Waals surface area contributed by atoms with Crippen molar-refractivity contribution in [2.45, 2.75) is 25.4 Å². The number of aliphatic carboxylic acids is 1. The number of benzene rings is 1. The van der Waals surface area contributed by atoms with Crippen LogP contribution in [-0.2, 0) is 17.8 Å². The summed E-state index contributed by atoms with van der Waals surface area (Å²) >= 11 is 0. The Morgan fingerprint density at radius 2 is 2.11 bits per heavy atom. The van der Waals surface area contributed by atoms with Crippen molar-refractivity contribution < 1.29 is 19.0 Å². The number of ether oxygens (including phenoxy) is 1. The normalized spacial score (nSPS) is 11.9. The topological polar surface area (TPSA) is 142 Å². The fourth-order valence-electron chi connectivity index (χ4n) is 2.44. The van der Waals surface area contributed by atoms with E-state index < -0.39 is 17.8 Å². The van der Waals surface area contributed by atoms with Crippen LogP contribution < -0.4 is 10.5 Å². The molecular formula is C17H18FN7O3. The first-order valence-corrected chi connectivity index (χ1v) is 8.43. The largest absolute Gasteiger partial charge is 0.493 e. The number of nitrogens with two attached hydrogens (primary N) is 1. The molecule has 0 bridgehead atoms. The molecule has 2 heterocycles. The lowest BCUT2D eigenvalue weighted by atomic mass is 10.2. The number of hydrogen-bond acceptors (Lipinski definition) is 8. The fourth-order valence-corrected chi connectivity index (χ4v) is 2.44. The molecule has 10 nitrogen and oxygen atoms in total. The van der Waals surface area contributed by atoms with Crippen LogP contribution in [0.3, 0.4) is 0 Å². The van der Waals surface area contributed by atoms with E-state index in [2.05, 4.69) is 25.4 Å². The Morgan fingerprint density at radius 1 is 1.32 bits per heavy atom. The van der Waals surface area contributed by atoms with Crippen molar-refractivity contribution in [3.8, 4) is 17.1 Å². The lowest BCUT2D eigenvalue weighted by Gasteiger charge is -2.07. The number of rotatable bonds is 9. The lowest BCUT2D eigenvalue weighted by Crippen LogP contribution is -2.30. The van der Waals surface area contributed by atoms with Gasteiger partial charge in [0.2, 0.25) is 5.82 Å². The zero-order valence-electron chi connectivity index (χ0n) is 14.8. The summed E-state index contributed by atoms with van der Waals surface area (Å²) in [6.07, 6.45) is 5.19. The maximum atomic E-state index is 14.4. The highest BCUT2D eigenvalue weighted by Crippen LogP contribution is 2.23. The number of nitrogens with zero attached hydrogens (tertiary/aromatic N) is 6. The fraction of sp³-hybridized carbons (Fsp3) is 0.294. The van der Waals surface area contributed by atoms with E-state index in [4.69, 9.17) is 15.6 Å².